The average Bonchev–Trinajstić information content (AvgIpc) is 2.81. The molecule has 8 nitrogen and oxygen atoms in total. The fourth-order valence-electron chi connectivity index (χ4n) is 2.71. The second-order valence-electron chi connectivity index (χ2n) is 7.00. The van der Waals surface area contributed by atoms with Crippen LogP contribution in [0.5, 0.6) is 0 Å². The molecule has 0 aromatic heterocycles. The molecule has 0 aliphatic heterocycles. The Kier molecular flexibility index (Phi) is 8.42. The van der Waals surface area contributed by atoms with E-state index in [1.807, 2.05) is 5.32 Å². The minimum absolute atomic E-state index is 0.00892. The van der Waals surface area contributed by atoms with Gasteiger partial charge in [-0.1, -0.05) is 11.8 Å². The lowest BCUT2D eigenvalue weighted by molar-refractivity contribution is -0.135. The fourth-order valence-corrected chi connectivity index (χ4v) is 2.71. The number of hydrogen-bond acceptors (Lipinski definition) is 4. The Balaban J connectivity index is 2.23. The van der Waals surface area contributed by atoms with Gasteiger partial charge in [0.25, 0.3) is 18.2 Å². The van der Waals surface area contributed by atoms with Crippen LogP contribution in [0.15, 0.2) is 48.5 Å². The number of hydroxylamine groups is 1. The number of nitrogens with one attached hydrogen (secondary N) is 4. The quantitative estimate of drug-likeness (QED) is 0.255. The average molecular weight is 462 g/mol. The fraction of sp³-hybridized carbons (Fsp3) is 0.227. The number of carbonyl (C=O) groups excluding carboxylic acids is 3. The second-order valence-corrected chi connectivity index (χ2v) is 7.00. The highest BCUT2D eigenvalue weighted by Gasteiger charge is 2.48. The minimum Gasteiger partial charge on any atom is -0.341 e. The Morgan fingerprint density at radius 2 is 1.48 bits per heavy atom. The normalized spacial score (nSPS) is 13.1. The summed E-state index contributed by atoms with van der Waals surface area (Å²) in [5.41, 5.74) is -0.237. The molecule has 0 saturated heterocycles. The lowest BCUT2D eigenvalue weighted by atomic mass is 9.91. The summed E-state index contributed by atoms with van der Waals surface area (Å²) in [6.45, 7) is 0.848. The van der Waals surface area contributed by atoms with Crippen molar-refractivity contribution in [2.75, 3.05) is 7.05 Å². The van der Waals surface area contributed by atoms with Crippen molar-refractivity contribution >= 4 is 17.8 Å². The van der Waals surface area contributed by atoms with Crippen LogP contribution in [0.4, 0.5) is 18.0 Å². The Morgan fingerprint density at radius 1 is 0.970 bits per heavy atom. The molecule has 2 atom stereocenters. The number of benzene rings is 2. The van der Waals surface area contributed by atoms with Gasteiger partial charge in [0.1, 0.15) is 17.4 Å². The maximum Gasteiger partial charge on any atom is 0.315 e. The number of carbonyl (C=O) groups is 3. The number of rotatable bonds is 6. The van der Waals surface area contributed by atoms with Crippen molar-refractivity contribution in [3.8, 4) is 11.8 Å². The van der Waals surface area contributed by atoms with Gasteiger partial charge in [0.15, 0.2) is 0 Å². The van der Waals surface area contributed by atoms with E-state index in [0.717, 1.165) is 6.92 Å². The Labute approximate surface area is 187 Å². The van der Waals surface area contributed by atoms with Crippen molar-refractivity contribution < 1.29 is 32.8 Å². The van der Waals surface area contributed by atoms with Crippen LogP contribution in [0, 0.1) is 17.7 Å². The van der Waals surface area contributed by atoms with Gasteiger partial charge in [0.05, 0.1) is 0 Å². The van der Waals surface area contributed by atoms with Gasteiger partial charge in [-0.25, -0.2) is 23.4 Å². The number of urea groups is 1. The molecule has 4 amide bonds. The van der Waals surface area contributed by atoms with Gasteiger partial charge in [-0.15, -0.1) is 0 Å². The lowest BCUT2D eigenvalue weighted by Gasteiger charge is -2.36. The van der Waals surface area contributed by atoms with Gasteiger partial charge < -0.3 is 16.0 Å². The summed E-state index contributed by atoms with van der Waals surface area (Å²) in [6, 6.07) is 8.17. The highest BCUT2D eigenvalue weighted by Crippen LogP contribution is 2.21. The lowest BCUT2D eigenvalue weighted by Crippen LogP contribution is -2.69. The van der Waals surface area contributed by atoms with Gasteiger partial charge >= 0.3 is 6.03 Å². The molecule has 2 unspecified atom stereocenters. The molecule has 2 aromatic carbocycles. The van der Waals surface area contributed by atoms with Gasteiger partial charge in [-0.2, -0.15) is 0 Å². The first-order valence-corrected chi connectivity index (χ1v) is 9.51. The van der Waals surface area contributed by atoms with E-state index in [0.29, 0.717) is 11.1 Å². The first-order valence-electron chi connectivity index (χ1n) is 9.51. The van der Waals surface area contributed by atoms with Gasteiger partial charge in [-0.3, -0.25) is 14.8 Å². The summed E-state index contributed by atoms with van der Waals surface area (Å²) in [6.07, 6.45) is -3.29. The zero-order chi connectivity index (χ0) is 24.6. The number of amides is 4. The summed E-state index contributed by atoms with van der Waals surface area (Å²) in [4.78, 5) is 36.3. The maximum absolute atomic E-state index is 13.8. The van der Waals surface area contributed by atoms with Gasteiger partial charge in [-0.05, 0) is 55.5 Å². The van der Waals surface area contributed by atoms with Crippen LogP contribution in [0.3, 0.4) is 0 Å². The Bertz CT molecular complexity index is 1070. The molecule has 0 saturated carbocycles. The predicted molar refractivity (Wildman–Crippen MR) is 112 cm³/mol. The number of alkyl halides is 2. The molecule has 11 heteroatoms. The zero-order valence-corrected chi connectivity index (χ0v) is 17.6. The summed E-state index contributed by atoms with van der Waals surface area (Å²) < 4.78 is 40.5. The van der Waals surface area contributed by atoms with E-state index in [1.165, 1.54) is 61.1 Å². The van der Waals surface area contributed by atoms with E-state index in [9.17, 15) is 27.6 Å². The van der Waals surface area contributed by atoms with E-state index in [1.54, 1.807) is 0 Å². The molecule has 0 fully saturated rings. The third-order valence-electron chi connectivity index (χ3n) is 4.65. The molecule has 2 aromatic rings. The highest BCUT2D eigenvalue weighted by atomic mass is 19.3. The largest absolute Gasteiger partial charge is 0.341 e. The van der Waals surface area contributed by atoms with Crippen LogP contribution in [-0.4, -0.2) is 48.1 Å². The maximum atomic E-state index is 13.8. The van der Waals surface area contributed by atoms with Crippen molar-refractivity contribution in [1.82, 2.24) is 21.4 Å². The van der Waals surface area contributed by atoms with Crippen molar-refractivity contribution in [1.29, 1.82) is 0 Å². The molecule has 0 heterocycles. The number of hydrogen-bond donors (Lipinski definition) is 5. The van der Waals surface area contributed by atoms with E-state index in [-0.39, 0.29) is 5.56 Å². The molecule has 0 aliphatic carbocycles. The van der Waals surface area contributed by atoms with Crippen LogP contribution in [0.2, 0.25) is 0 Å². The third kappa shape index (κ3) is 6.47. The van der Waals surface area contributed by atoms with E-state index >= 15 is 0 Å². The Morgan fingerprint density at radius 3 is 1.94 bits per heavy atom. The topological polar surface area (TPSA) is 120 Å². The molecule has 33 heavy (non-hydrogen) atoms. The molecular formula is C22H21F3N4O4. The van der Waals surface area contributed by atoms with Crippen LogP contribution < -0.4 is 21.4 Å². The molecule has 5 N–H and O–H groups in total. The molecule has 0 radical (unpaired) electrons. The van der Waals surface area contributed by atoms with Crippen molar-refractivity contribution in [2.45, 2.75) is 24.9 Å². The Hall–Kier alpha value is -4.04. The van der Waals surface area contributed by atoms with Gasteiger partial charge in [0, 0.05) is 23.7 Å². The van der Waals surface area contributed by atoms with Crippen molar-refractivity contribution in [2.24, 2.45) is 0 Å². The summed E-state index contributed by atoms with van der Waals surface area (Å²) in [7, 11) is 1.18. The zero-order valence-electron chi connectivity index (χ0n) is 17.6. The standard InChI is InChI=1S/C22H21F3N4O4/c1-22(20(24)25,28-21(32)26-2)17(19(31)29-33)27-18(30)15-9-5-13(6-10-15)3-4-14-7-11-16(23)12-8-14/h5-12,17,20,33H,1-2H3,(H,27,30)(H,29,31)(H2,26,28,32). The molecule has 0 spiro atoms. The molecular weight excluding hydrogens is 441 g/mol. The summed E-state index contributed by atoms with van der Waals surface area (Å²) in [5.74, 6) is 2.99. The van der Waals surface area contributed by atoms with Crippen molar-refractivity contribution in [3.63, 3.8) is 0 Å². The monoisotopic (exact) mass is 462 g/mol. The van der Waals surface area contributed by atoms with Gasteiger partial charge in [0.2, 0.25) is 0 Å². The summed E-state index contributed by atoms with van der Waals surface area (Å²) >= 11 is 0. The van der Waals surface area contributed by atoms with Crippen LogP contribution >= 0.6 is 0 Å². The van der Waals surface area contributed by atoms with E-state index < -0.39 is 41.7 Å². The first kappa shape index (κ1) is 25.2. The SMILES string of the molecule is CNC(=O)NC(C)(C(F)F)C(NC(=O)c1ccc(C#Cc2ccc(F)cc2)cc1)C(=O)NO. The smallest absolute Gasteiger partial charge is 0.315 e. The molecule has 0 bridgehead atoms. The second kappa shape index (κ2) is 11.0. The molecule has 0 aliphatic rings. The first-order chi connectivity index (χ1) is 15.6. The van der Waals surface area contributed by atoms with Crippen molar-refractivity contribution in [3.05, 3.63) is 71.0 Å². The molecule has 2 rings (SSSR count). The van der Waals surface area contributed by atoms with E-state index in [4.69, 9.17) is 5.21 Å². The summed E-state index contributed by atoms with van der Waals surface area (Å²) in [5, 5.41) is 15.1. The van der Waals surface area contributed by atoms with E-state index in [2.05, 4.69) is 22.5 Å². The van der Waals surface area contributed by atoms with Crippen LogP contribution in [0.25, 0.3) is 0 Å². The number of halogens is 3. The molecule has 174 valence electrons. The van der Waals surface area contributed by atoms with Crippen LogP contribution in [-0.2, 0) is 4.79 Å². The highest BCUT2D eigenvalue weighted by molar-refractivity contribution is 5.98. The minimum atomic E-state index is -3.29. The third-order valence-corrected chi connectivity index (χ3v) is 4.65. The predicted octanol–water partition coefficient (Wildman–Crippen LogP) is 1.78. The van der Waals surface area contributed by atoms with Crippen LogP contribution in [0.1, 0.15) is 28.4 Å².